The average molecular weight is 411 g/mol. The van der Waals surface area contributed by atoms with Crippen molar-refractivity contribution in [1.82, 2.24) is 9.88 Å². The highest BCUT2D eigenvalue weighted by atomic mass is 16.5. The third kappa shape index (κ3) is 4.74. The molecule has 2 amide bonds. The van der Waals surface area contributed by atoms with Crippen LogP contribution in [0.25, 0.3) is 0 Å². The molecule has 0 bridgehead atoms. The SMILES string of the molecule is COCCOc1ccc(C(=O)Nc2cccc(C3(C)CC(=O)N(C)C(N)=N3)c2)nc1. The van der Waals surface area contributed by atoms with E-state index in [1.54, 1.807) is 44.5 Å². The topological polar surface area (TPSA) is 119 Å². The van der Waals surface area contributed by atoms with Crippen molar-refractivity contribution in [2.75, 3.05) is 32.7 Å². The van der Waals surface area contributed by atoms with E-state index in [0.29, 0.717) is 24.7 Å². The molecule has 0 saturated carbocycles. The summed E-state index contributed by atoms with van der Waals surface area (Å²) >= 11 is 0. The minimum Gasteiger partial charge on any atom is -0.490 e. The number of ether oxygens (including phenoxy) is 2. The van der Waals surface area contributed by atoms with Gasteiger partial charge in [0.1, 0.15) is 18.1 Å². The van der Waals surface area contributed by atoms with Gasteiger partial charge in [0, 0.05) is 19.8 Å². The molecule has 0 aliphatic carbocycles. The number of anilines is 1. The van der Waals surface area contributed by atoms with Gasteiger partial charge in [0.2, 0.25) is 5.91 Å². The maximum atomic E-state index is 12.6. The molecule has 9 heteroatoms. The number of nitrogens with one attached hydrogen (secondary N) is 1. The van der Waals surface area contributed by atoms with E-state index in [-0.39, 0.29) is 29.9 Å². The van der Waals surface area contributed by atoms with Crippen LogP contribution in [-0.2, 0) is 15.1 Å². The van der Waals surface area contributed by atoms with Crippen LogP contribution >= 0.6 is 0 Å². The van der Waals surface area contributed by atoms with Crippen molar-refractivity contribution >= 4 is 23.5 Å². The lowest BCUT2D eigenvalue weighted by Gasteiger charge is -2.33. The monoisotopic (exact) mass is 411 g/mol. The first-order chi connectivity index (χ1) is 14.3. The molecule has 2 heterocycles. The van der Waals surface area contributed by atoms with Gasteiger partial charge in [-0.25, -0.2) is 9.98 Å². The fraction of sp³-hybridized carbons (Fsp3) is 0.333. The maximum absolute atomic E-state index is 12.6. The van der Waals surface area contributed by atoms with Gasteiger partial charge in [0.05, 0.1) is 24.8 Å². The molecule has 1 atom stereocenters. The number of hydrogen-bond acceptors (Lipinski definition) is 7. The highest BCUT2D eigenvalue weighted by Gasteiger charge is 2.36. The number of carbonyl (C=O) groups is 2. The van der Waals surface area contributed by atoms with Crippen LogP contribution in [0.1, 0.15) is 29.4 Å². The summed E-state index contributed by atoms with van der Waals surface area (Å²) in [7, 11) is 3.19. The minimum absolute atomic E-state index is 0.114. The first-order valence-electron chi connectivity index (χ1n) is 9.44. The molecule has 2 aromatic rings. The van der Waals surface area contributed by atoms with Crippen molar-refractivity contribution in [2.24, 2.45) is 10.7 Å². The van der Waals surface area contributed by atoms with Crippen molar-refractivity contribution in [1.29, 1.82) is 0 Å². The molecule has 3 rings (SSSR count). The highest BCUT2D eigenvalue weighted by molar-refractivity contribution is 6.03. The zero-order valence-electron chi connectivity index (χ0n) is 17.2. The largest absolute Gasteiger partial charge is 0.490 e. The molecule has 1 unspecified atom stereocenters. The van der Waals surface area contributed by atoms with Gasteiger partial charge in [-0.15, -0.1) is 0 Å². The van der Waals surface area contributed by atoms with Crippen LogP contribution in [0.2, 0.25) is 0 Å². The Morgan fingerprint density at radius 3 is 2.77 bits per heavy atom. The van der Waals surface area contributed by atoms with Gasteiger partial charge in [-0.2, -0.15) is 0 Å². The standard InChI is InChI=1S/C21H25N5O4/c1-21(12-18(27)26(2)20(22)25-21)14-5-4-6-15(11-14)24-19(28)17-8-7-16(13-23-17)30-10-9-29-3/h4-8,11,13H,9-10,12H2,1-3H3,(H2,22,25)(H,24,28). The van der Waals surface area contributed by atoms with Gasteiger partial charge in [-0.1, -0.05) is 12.1 Å². The van der Waals surface area contributed by atoms with Crippen LogP contribution < -0.4 is 15.8 Å². The second kappa shape index (κ2) is 8.91. The Bertz CT molecular complexity index is 960. The summed E-state index contributed by atoms with van der Waals surface area (Å²) in [4.78, 5) is 34.7. The van der Waals surface area contributed by atoms with Crippen LogP contribution in [0.5, 0.6) is 5.75 Å². The number of pyridine rings is 1. The lowest BCUT2D eigenvalue weighted by molar-refractivity contribution is -0.128. The lowest BCUT2D eigenvalue weighted by atomic mass is 9.87. The number of hydrogen-bond donors (Lipinski definition) is 2. The van der Waals surface area contributed by atoms with E-state index in [1.165, 1.54) is 11.1 Å². The first kappa shape index (κ1) is 21.3. The fourth-order valence-corrected chi connectivity index (χ4v) is 3.04. The number of benzene rings is 1. The van der Waals surface area contributed by atoms with Crippen molar-refractivity contribution in [3.05, 3.63) is 53.9 Å². The van der Waals surface area contributed by atoms with E-state index in [0.717, 1.165) is 5.56 Å². The van der Waals surface area contributed by atoms with Crippen molar-refractivity contribution in [3.8, 4) is 5.75 Å². The van der Waals surface area contributed by atoms with E-state index in [1.807, 2.05) is 13.0 Å². The summed E-state index contributed by atoms with van der Waals surface area (Å²) in [6.07, 6.45) is 1.68. The summed E-state index contributed by atoms with van der Waals surface area (Å²) in [5.74, 6) is 0.251. The van der Waals surface area contributed by atoms with E-state index in [9.17, 15) is 9.59 Å². The minimum atomic E-state index is -0.798. The van der Waals surface area contributed by atoms with Crippen LogP contribution in [-0.4, -0.2) is 55.0 Å². The normalized spacial score (nSPS) is 18.7. The Labute approximate surface area is 174 Å². The zero-order chi connectivity index (χ0) is 21.7. The second-order valence-electron chi connectivity index (χ2n) is 7.13. The van der Waals surface area contributed by atoms with Crippen LogP contribution in [0.4, 0.5) is 5.69 Å². The second-order valence-corrected chi connectivity index (χ2v) is 7.13. The number of aliphatic imine (C=N–C) groups is 1. The molecule has 1 aromatic carbocycles. The van der Waals surface area contributed by atoms with Crippen LogP contribution in [0.15, 0.2) is 47.6 Å². The van der Waals surface area contributed by atoms with E-state index < -0.39 is 5.54 Å². The molecule has 0 spiro atoms. The van der Waals surface area contributed by atoms with Gasteiger partial charge < -0.3 is 20.5 Å². The Balaban J connectivity index is 1.72. The molecule has 0 saturated heterocycles. The van der Waals surface area contributed by atoms with E-state index >= 15 is 0 Å². The summed E-state index contributed by atoms with van der Waals surface area (Å²) in [5, 5.41) is 2.82. The molecule has 1 aliphatic rings. The van der Waals surface area contributed by atoms with Gasteiger partial charge in [0.15, 0.2) is 5.96 Å². The highest BCUT2D eigenvalue weighted by Crippen LogP contribution is 2.34. The summed E-state index contributed by atoms with van der Waals surface area (Å²) < 4.78 is 10.4. The molecule has 1 aliphatic heterocycles. The lowest BCUT2D eigenvalue weighted by Crippen LogP contribution is -2.47. The molecule has 0 radical (unpaired) electrons. The number of nitrogens with zero attached hydrogens (tertiary/aromatic N) is 3. The van der Waals surface area contributed by atoms with Crippen molar-refractivity contribution in [2.45, 2.75) is 18.9 Å². The number of amides is 2. The Morgan fingerprint density at radius 1 is 1.30 bits per heavy atom. The molecular formula is C21H25N5O4. The Kier molecular flexibility index (Phi) is 6.31. The van der Waals surface area contributed by atoms with Crippen LogP contribution in [0.3, 0.4) is 0 Å². The Morgan fingerprint density at radius 2 is 2.10 bits per heavy atom. The summed E-state index contributed by atoms with van der Waals surface area (Å²) in [6.45, 7) is 2.71. The number of aromatic nitrogens is 1. The van der Waals surface area contributed by atoms with Gasteiger partial charge in [-0.3, -0.25) is 14.5 Å². The average Bonchev–Trinajstić information content (AvgIpc) is 2.73. The first-order valence-corrected chi connectivity index (χ1v) is 9.44. The number of guanidine groups is 1. The van der Waals surface area contributed by atoms with Crippen molar-refractivity contribution in [3.63, 3.8) is 0 Å². The number of nitrogens with two attached hydrogens (primary N) is 1. The van der Waals surface area contributed by atoms with Gasteiger partial charge in [-0.05, 0) is 36.8 Å². The predicted octanol–water partition coefficient (Wildman–Crippen LogP) is 1.75. The summed E-state index contributed by atoms with van der Waals surface area (Å²) in [5.41, 5.74) is 6.69. The quantitative estimate of drug-likeness (QED) is 0.670. The third-order valence-corrected chi connectivity index (χ3v) is 4.84. The van der Waals surface area contributed by atoms with Crippen LogP contribution in [0, 0.1) is 0 Å². The van der Waals surface area contributed by atoms with E-state index in [4.69, 9.17) is 15.2 Å². The number of rotatable bonds is 7. The smallest absolute Gasteiger partial charge is 0.274 e. The van der Waals surface area contributed by atoms with Crippen molar-refractivity contribution < 1.29 is 19.1 Å². The number of methoxy groups -OCH3 is 1. The predicted molar refractivity (Wildman–Crippen MR) is 112 cm³/mol. The Hall–Kier alpha value is -3.46. The molecule has 0 fully saturated rings. The molecule has 158 valence electrons. The molecule has 9 nitrogen and oxygen atoms in total. The van der Waals surface area contributed by atoms with Gasteiger partial charge in [0.25, 0.3) is 5.91 Å². The van der Waals surface area contributed by atoms with E-state index in [2.05, 4.69) is 15.3 Å². The van der Waals surface area contributed by atoms with Gasteiger partial charge >= 0.3 is 0 Å². The summed E-state index contributed by atoms with van der Waals surface area (Å²) in [6, 6.07) is 10.5. The maximum Gasteiger partial charge on any atom is 0.274 e. The molecular weight excluding hydrogens is 386 g/mol. The molecule has 3 N–H and O–H groups in total. The number of carbonyl (C=O) groups excluding carboxylic acids is 2. The molecule has 1 aromatic heterocycles. The third-order valence-electron chi connectivity index (χ3n) is 4.84. The fourth-order valence-electron chi connectivity index (χ4n) is 3.04. The zero-order valence-corrected chi connectivity index (χ0v) is 17.2. The molecule has 30 heavy (non-hydrogen) atoms.